The van der Waals surface area contributed by atoms with Crippen molar-refractivity contribution < 1.29 is 9.53 Å². The van der Waals surface area contributed by atoms with E-state index in [0.29, 0.717) is 35.8 Å². The molecule has 0 saturated heterocycles. The number of rotatable bonds is 4. The molecule has 0 fully saturated rings. The Morgan fingerprint density at radius 1 is 1.36 bits per heavy atom. The summed E-state index contributed by atoms with van der Waals surface area (Å²) in [6.07, 6.45) is 2.51. The third-order valence-electron chi connectivity index (χ3n) is 5.19. The van der Waals surface area contributed by atoms with Crippen LogP contribution in [-0.2, 0) is 22.5 Å². The molecule has 2 aromatic heterocycles. The van der Waals surface area contributed by atoms with Crippen LogP contribution < -0.4 is 5.56 Å². The van der Waals surface area contributed by atoms with E-state index in [4.69, 9.17) is 21.3 Å². The molecule has 1 aliphatic carbocycles. The third kappa shape index (κ3) is 3.35. The van der Waals surface area contributed by atoms with Crippen LogP contribution >= 0.6 is 22.9 Å². The summed E-state index contributed by atoms with van der Waals surface area (Å²) in [7, 11) is 0. The number of esters is 1. The zero-order valence-corrected chi connectivity index (χ0v) is 17.4. The maximum Gasteiger partial charge on any atom is 0.313 e. The van der Waals surface area contributed by atoms with Crippen LogP contribution in [0.1, 0.15) is 47.5 Å². The zero-order valence-electron chi connectivity index (χ0n) is 15.8. The average molecular weight is 417 g/mol. The standard InChI is InChI=1S/C21H21ClN2O3S/c1-3-27-21(26)15-5-4-6-16-17(15)18-19(28-16)23-12(2)24(20(18)25)11-13-7-9-14(22)10-8-13/h7-10,15H,3-6,11H2,1-2H3. The average Bonchev–Trinajstić information content (AvgIpc) is 3.05. The summed E-state index contributed by atoms with van der Waals surface area (Å²) >= 11 is 7.50. The van der Waals surface area contributed by atoms with E-state index in [2.05, 4.69) is 0 Å². The Kier molecular flexibility index (Phi) is 5.25. The quantitative estimate of drug-likeness (QED) is 0.589. The SMILES string of the molecule is CCOC(=O)C1CCCc2sc3nc(C)n(Cc4ccc(Cl)cc4)c(=O)c3c21. The number of thiophene rings is 1. The van der Waals surface area contributed by atoms with Gasteiger partial charge in [0.1, 0.15) is 10.7 Å². The molecule has 0 saturated carbocycles. The first kappa shape index (κ1) is 19.2. The molecule has 7 heteroatoms. The molecule has 0 bridgehead atoms. The molecule has 0 radical (unpaired) electrons. The van der Waals surface area contributed by atoms with Crippen molar-refractivity contribution in [3.8, 4) is 0 Å². The van der Waals surface area contributed by atoms with E-state index in [0.717, 1.165) is 33.7 Å². The number of hydrogen-bond donors (Lipinski definition) is 0. The molecule has 0 spiro atoms. The lowest BCUT2D eigenvalue weighted by Crippen LogP contribution is -2.27. The minimum Gasteiger partial charge on any atom is -0.466 e. The molecular weight excluding hydrogens is 396 g/mol. The summed E-state index contributed by atoms with van der Waals surface area (Å²) in [5.74, 6) is 0.0461. The molecule has 1 aromatic carbocycles. The van der Waals surface area contributed by atoms with E-state index in [9.17, 15) is 9.59 Å². The number of aromatic nitrogens is 2. The molecule has 3 aromatic rings. The smallest absolute Gasteiger partial charge is 0.313 e. The van der Waals surface area contributed by atoms with E-state index in [-0.39, 0.29) is 17.4 Å². The summed E-state index contributed by atoms with van der Waals surface area (Å²) in [5, 5.41) is 1.24. The second kappa shape index (κ2) is 7.68. The van der Waals surface area contributed by atoms with Crippen LogP contribution in [0.25, 0.3) is 10.2 Å². The van der Waals surface area contributed by atoms with Gasteiger partial charge in [-0.3, -0.25) is 14.2 Å². The van der Waals surface area contributed by atoms with Gasteiger partial charge in [-0.25, -0.2) is 4.98 Å². The number of benzene rings is 1. The molecule has 2 heterocycles. The predicted octanol–water partition coefficient (Wildman–Crippen LogP) is 4.45. The highest BCUT2D eigenvalue weighted by Crippen LogP contribution is 2.41. The summed E-state index contributed by atoms with van der Waals surface area (Å²) in [5.41, 5.74) is 1.72. The van der Waals surface area contributed by atoms with E-state index in [1.807, 2.05) is 31.2 Å². The zero-order chi connectivity index (χ0) is 19.8. The van der Waals surface area contributed by atoms with Crippen molar-refractivity contribution in [2.24, 2.45) is 0 Å². The van der Waals surface area contributed by atoms with Gasteiger partial charge in [-0.15, -0.1) is 11.3 Å². The second-order valence-electron chi connectivity index (χ2n) is 6.99. The molecule has 5 nitrogen and oxygen atoms in total. The van der Waals surface area contributed by atoms with Gasteiger partial charge in [0.25, 0.3) is 5.56 Å². The van der Waals surface area contributed by atoms with Gasteiger partial charge in [-0.05, 0) is 56.4 Å². The minimum absolute atomic E-state index is 0.0915. The molecule has 146 valence electrons. The fraction of sp³-hybridized carbons (Fsp3) is 0.381. The summed E-state index contributed by atoms with van der Waals surface area (Å²) < 4.78 is 6.96. The lowest BCUT2D eigenvalue weighted by molar-refractivity contribution is -0.145. The van der Waals surface area contributed by atoms with Gasteiger partial charge in [0.2, 0.25) is 0 Å². The fourth-order valence-electron chi connectivity index (χ4n) is 3.85. The molecule has 1 unspecified atom stereocenters. The van der Waals surface area contributed by atoms with Gasteiger partial charge in [-0.2, -0.15) is 0 Å². The molecular formula is C21H21ClN2O3S. The maximum atomic E-state index is 13.4. The summed E-state index contributed by atoms with van der Waals surface area (Å²) in [4.78, 5) is 32.5. The Labute approximate surface area is 171 Å². The predicted molar refractivity (Wildman–Crippen MR) is 111 cm³/mol. The second-order valence-corrected chi connectivity index (χ2v) is 8.51. The first-order valence-corrected chi connectivity index (χ1v) is 10.6. The molecule has 1 aliphatic rings. The molecule has 28 heavy (non-hydrogen) atoms. The topological polar surface area (TPSA) is 61.2 Å². The lowest BCUT2D eigenvalue weighted by Gasteiger charge is -2.21. The minimum atomic E-state index is -0.376. The third-order valence-corrected chi connectivity index (χ3v) is 6.60. The Morgan fingerprint density at radius 3 is 2.82 bits per heavy atom. The number of aryl methyl sites for hydroxylation is 2. The van der Waals surface area contributed by atoms with E-state index >= 15 is 0 Å². The molecule has 1 atom stereocenters. The fourth-order valence-corrected chi connectivity index (χ4v) is 5.29. The van der Waals surface area contributed by atoms with Gasteiger partial charge in [0, 0.05) is 9.90 Å². The molecule has 0 amide bonds. The Balaban J connectivity index is 1.85. The van der Waals surface area contributed by atoms with Gasteiger partial charge < -0.3 is 4.74 Å². The van der Waals surface area contributed by atoms with E-state index in [1.165, 1.54) is 11.3 Å². The van der Waals surface area contributed by atoms with Gasteiger partial charge in [-0.1, -0.05) is 23.7 Å². The summed E-state index contributed by atoms with van der Waals surface area (Å²) in [6.45, 7) is 4.40. The van der Waals surface area contributed by atoms with Crippen molar-refractivity contribution in [3.05, 3.63) is 61.5 Å². The van der Waals surface area contributed by atoms with Crippen LogP contribution in [0.5, 0.6) is 0 Å². The molecule has 4 rings (SSSR count). The monoisotopic (exact) mass is 416 g/mol. The number of hydrogen-bond acceptors (Lipinski definition) is 5. The van der Waals surface area contributed by atoms with Crippen LogP contribution in [0, 0.1) is 6.92 Å². The molecule has 0 N–H and O–H groups in total. The highest BCUT2D eigenvalue weighted by molar-refractivity contribution is 7.18. The van der Waals surface area contributed by atoms with Crippen LogP contribution in [0.15, 0.2) is 29.1 Å². The van der Waals surface area contributed by atoms with Crippen molar-refractivity contribution in [1.29, 1.82) is 0 Å². The largest absolute Gasteiger partial charge is 0.466 e. The van der Waals surface area contributed by atoms with Crippen molar-refractivity contribution >= 4 is 39.1 Å². The number of halogens is 1. The Morgan fingerprint density at radius 2 is 2.11 bits per heavy atom. The van der Waals surface area contributed by atoms with Gasteiger partial charge >= 0.3 is 5.97 Å². The van der Waals surface area contributed by atoms with Crippen LogP contribution in [0.3, 0.4) is 0 Å². The van der Waals surface area contributed by atoms with Crippen LogP contribution in [0.4, 0.5) is 0 Å². The maximum absolute atomic E-state index is 13.4. The highest BCUT2D eigenvalue weighted by Gasteiger charge is 2.33. The number of fused-ring (bicyclic) bond motifs is 3. The Hall–Kier alpha value is -2.18. The van der Waals surface area contributed by atoms with Gasteiger partial charge in [0.05, 0.1) is 24.5 Å². The van der Waals surface area contributed by atoms with Gasteiger partial charge in [0.15, 0.2) is 0 Å². The number of nitrogens with zero attached hydrogens (tertiary/aromatic N) is 2. The first-order valence-electron chi connectivity index (χ1n) is 9.43. The van der Waals surface area contributed by atoms with Crippen molar-refractivity contribution in [2.75, 3.05) is 6.61 Å². The van der Waals surface area contributed by atoms with E-state index in [1.54, 1.807) is 11.5 Å². The van der Waals surface area contributed by atoms with Crippen molar-refractivity contribution in [2.45, 2.75) is 45.6 Å². The Bertz CT molecular complexity index is 1100. The van der Waals surface area contributed by atoms with Crippen molar-refractivity contribution in [3.63, 3.8) is 0 Å². The number of ether oxygens (including phenoxy) is 1. The lowest BCUT2D eigenvalue weighted by atomic mass is 9.86. The van der Waals surface area contributed by atoms with Crippen molar-refractivity contribution in [1.82, 2.24) is 9.55 Å². The first-order chi connectivity index (χ1) is 13.5. The highest BCUT2D eigenvalue weighted by atomic mass is 35.5. The summed E-state index contributed by atoms with van der Waals surface area (Å²) in [6, 6.07) is 7.44. The molecule has 0 aliphatic heterocycles. The van der Waals surface area contributed by atoms with Crippen LogP contribution in [-0.4, -0.2) is 22.1 Å². The number of carbonyl (C=O) groups is 1. The van der Waals surface area contributed by atoms with Crippen LogP contribution in [0.2, 0.25) is 5.02 Å². The number of carbonyl (C=O) groups excluding carboxylic acids is 1. The van der Waals surface area contributed by atoms with E-state index < -0.39 is 0 Å². The normalized spacial score (nSPS) is 16.2.